The minimum atomic E-state index is -0.867. The van der Waals surface area contributed by atoms with Gasteiger partial charge in [0.05, 0.1) is 0 Å². The lowest BCUT2D eigenvalue weighted by Crippen LogP contribution is -2.26. The molecule has 0 heterocycles. The van der Waals surface area contributed by atoms with E-state index in [1.807, 2.05) is 0 Å². The molecule has 0 spiro atoms. The van der Waals surface area contributed by atoms with Crippen molar-refractivity contribution in [3.05, 3.63) is 0 Å². The molecule has 2 aliphatic rings. The zero-order valence-corrected chi connectivity index (χ0v) is 9.98. The summed E-state index contributed by atoms with van der Waals surface area (Å²) in [6.07, 6.45) is 13.1. The molecule has 0 bridgehead atoms. The molecule has 2 rings (SSSR count). The highest BCUT2D eigenvalue weighted by molar-refractivity contribution is 7.51. The maximum Gasteiger partial charge on any atom is -0.0351 e. The second-order valence-corrected chi connectivity index (χ2v) is 7.12. The molecule has 0 amide bonds. The summed E-state index contributed by atoms with van der Waals surface area (Å²) in [6, 6.07) is 0. The van der Waals surface area contributed by atoms with E-state index in [0.717, 1.165) is 0 Å². The van der Waals surface area contributed by atoms with Crippen LogP contribution in [-0.4, -0.2) is 11.3 Å². The Bertz CT molecular complexity index is 142. The van der Waals surface area contributed by atoms with E-state index in [0.29, 0.717) is 11.3 Å². The van der Waals surface area contributed by atoms with E-state index in [2.05, 4.69) is 0 Å². The van der Waals surface area contributed by atoms with E-state index in [1.165, 1.54) is 64.2 Å². The largest absolute Gasteiger partial charge is 0.829 e. The molecule has 0 aromatic carbocycles. The highest BCUT2D eigenvalue weighted by atomic mass is 31.1. The monoisotopic (exact) mass is 213 g/mol. The van der Waals surface area contributed by atoms with Crippen LogP contribution in [-0.2, 0) is 0 Å². The van der Waals surface area contributed by atoms with Crippen LogP contribution in [0.25, 0.3) is 0 Å². The molecule has 0 N–H and O–H groups in total. The van der Waals surface area contributed by atoms with Crippen molar-refractivity contribution in [2.24, 2.45) is 0 Å². The molecule has 0 aliphatic heterocycles. The second-order valence-electron chi connectivity index (χ2n) is 4.94. The van der Waals surface area contributed by atoms with Crippen LogP contribution in [0.15, 0.2) is 0 Å². The SMILES string of the molecule is [O-]P(C1CCCCC1)C1CCCCC1. The number of rotatable bonds is 2. The molecule has 1 nitrogen and oxygen atoms in total. The van der Waals surface area contributed by atoms with Crippen LogP contribution in [0.2, 0.25) is 0 Å². The Kier molecular flexibility index (Phi) is 4.25. The van der Waals surface area contributed by atoms with Crippen molar-refractivity contribution < 1.29 is 4.89 Å². The first-order valence-electron chi connectivity index (χ1n) is 6.33. The average Bonchev–Trinajstić information content (AvgIpc) is 2.30. The van der Waals surface area contributed by atoms with Gasteiger partial charge in [-0.3, -0.25) is 0 Å². The molecule has 14 heavy (non-hydrogen) atoms. The van der Waals surface area contributed by atoms with Crippen LogP contribution in [0.1, 0.15) is 64.2 Å². The van der Waals surface area contributed by atoms with Gasteiger partial charge in [-0.25, -0.2) is 0 Å². The quantitative estimate of drug-likeness (QED) is 0.645. The Labute approximate surface area is 89.1 Å². The third-order valence-electron chi connectivity index (χ3n) is 3.87. The fraction of sp³-hybridized carbons (Fsp3) is 1.00. The predicted molar refractivity (Wildman–Crippen MR) is 60.7 cm³/mol. The van der Waals surface area contributed by atoms with Crippen LogP contribution in [0, 0.1) is 0 Å². The first kappa shape index (κ1) is 10.9. The lowest BCUT2D eigenvalue weighted by atomic mass is 10.00. The molecule has 0 unspecified atom stereocenters. The highest BCUT2D eigenvalue weighted by Gasteiger charge is 2.23. The average molecular weight is 213 g/mol. The lowest BCUT2D eigenvalue weighted by molar-refractivity contribution is -0.165. The summed E-state index contributed by atoms with van der Waals surface area (Å²) in [6.45, 7) is 0. The molecule has 2 saturated carbocycles. The Morgan fingerprint density at radius 2 is 1.00 bits per heavy atom. The van der Waals surface area contributed by atoms with E-state index < -0.39 is 8.15 Å². The van der Waals surface area contributed by atoms with Crippen molar-refractivity contribution in [2.45, 2.75) is 75.5 Å². The second kappa shape index (κ2) is 5.47. The Hall–Kier alpha value is 0.390. The molecule has 2 aliphatic carbocycles. The van der Waals surface area contributed by atoms with Gasteiger partial charge in [0, 0.05) is 0 Å². The molecule has 0 radical (unpaired) electrons. The summed E-state index contributed by atoms with van der Waals surface area (Å²) in [5.74, 6) is 0. The third-order valence-corrected chi connectivity index (χ3v) is 6.34. The molecule has 2 fully saturated rings. The predicted octanol–water partition coefficient (Wildman–Crippen LogP) is 3.41. The first-order chi connectivity index (χ1) is 6.88. The van der Waals surface area contributed by atoms with Gasteiger partial charge in [0.1, 0.15) is 0 Å². The Morgan fingerprint density at radius 3 is 1.36 bits per heavy atom. The van der Waals surface area contributed by atoms with E-state index in [4.69, 9.17) is 0 Å². The summed E-state index contributed by atoms with van der Waals surface area (Å²) in [5.41, 5.74) is 1.20. The van der Waals surface area contributed by atoms with E-state index in [-0.39, 0.29) is 0 Å². The molecule has 82 valence electrons. The minimum Gasteiger partial charge on any atom is -0.829 e. The molecular weight excluding hydrogens is 191 g/mol. The summed E-state index contributed by atoms with van der Waals surface area (Å²) in [7, 11) is -0.867. The number of hydrogen-bond acceptors (Lipinski definition) is 1. The summed E-state index contributed by atoms with van der Waals surface area (Å²) in [4.78, 5) is 12.3. The molecule has 0 saturated heterocycles. The van der Waals surface area contributed by atoms with Crippen molar-refractivity contribution >= 4 is 8.15 Å². The van der Waals surface area contributed by atoms with E-state index in [1.54, 1.807) is 0 Å². The molecule has 2 heteroatoms. The van der Waals surface area contributed by atoms with Gasteiger partial charge in [-0.05, 0) is 37.0 Å². The maximum absolute atomic E-state index is 12.3. The van der Waals surface area contributed by atoms with Crippen LogP contribution >= 0.6 is 8.15 Å². The van der Waals surface area contributed by atoms with Crippen LogP contribution in [0.3, 0.4) is 0 Å². The van der Waals surface area contributed by atoms with E-state index in [9.17, 15) is 4.89 Å². The molecular formula is C12H22OP-. The zero-order chi connectivity index (χ0) is 9.80. The molecule has 0 aromatic heterocycles. The van der Waals surface area contributed by atoms with Crippen molar-refractivity contribution in [1.82, 2.24) is 0 Å². The van der Waals surface area contributed by atoms with Crippen LogP contribution in [0.4, 0.5) is 0 Å². The van der Waals surface area contributed by atoms with E-state index >= 15 is 0 Å². The topological polar surface area (TPSA) is 23.1 Å². The van der Waals surface area contributed by atoms with Gasteiger partial charge < -0.3 is 4.89 Å². The fourth-order valence-electron chi connectivity index (χ4n) is 2.97. The maximum atomic E-state index is 12.3. The minimum absolute atomic E-state index is 0.599. The molecule has 0 aromatic rings. The number of hydrogen-bond donors (Lipinski definition) is 0. The van der Waals surface area contributed by atoms with Crippen LogP contribution < -0.4 is 4.89 Å². The van der Waals surface area contributed by atoms with Gasteiger partial charge in [0.2, 0.25) is 0 Å². The zero-order valence-electron chi connectivity index (χ0n) is 9.08. The van der Waals surface area contributed by atoms with Crippen molar-refractivity contribution in [3.63, 3.8) is 0 Å². The summed E-state index contributed by atoms with van der Waals surface area (Å²) >= 11 is 0. The Morgan fingerprint density at radius 1 is 0.643 bits per heavy atom. The van der Waals surface area contributed by atoms with Crippen molar-refractivity contribution in [3.8, 4) is 0 Å². The van der Waals surface area contributed by atoms with Gasteiger partial charge in [-0.15, -0.1) is 0 Å². The first-order valence-corrected chi connectivity index (χ1v) is 7.73. The Balaban J connectivity index is 1.82. The highest BCUT2D eigenvalue weighted by Crippen LogP contribution is 2.49. The lowest BCUT2D eigenvalue weighted by Gasteiger charge is -2.43. The fourth-order valence-corrected chi connectivity index (χ4v) is 5.31. The molecule has 0 atom stereocenters. The van der Waals surface area contributed by atoms with Crippen molar-refractivity contribution in [2.75, 3.05) is 0 Å². The van der Waals surface area contributed by atoms with Gasteiger partial charge in [-0.1, -0.05) is 38.5 Å². The standard InChI is InChI=1S/C12H22OP/c13-14(11-7-3-1-4-8-11)12-9-5-2-6-10-12/h11-12H,1-10H2/q-1. The van der Waals surface area contributed by atoms with Gasteiger partial charge in [0.25, 0.3) is 0 Å². The third kappa shape index (κ3) is 2.70. The van der Waals surface area contributed by atoms with Gasteiger partial charge in [-0.2, -0.15) is 8.15 Å². The summed E-state index contributed by atoms with van der Waals surface area (Å²) < 4.78 is 0. The normalized spacial score (nSPS) is 27.0. The van der Waals surface area contributed by atoms with Crippen LogP contribution in [0.5, 0.6) is 0 Å². The van der Waals surface area contributed by atoms with Gasteiger partial charge in [0.15, 0.2) is 0 Å². The van der Waals surface area contributed by atoms with Crippen molar-refractivity contribution in [1.29, 1.82) is 0 Å². The van der Waals surface area contributed by atoms with Gasteiger partial charge >= 0.3 is 0 Å². The summed E-state index contributed by atoms with van der Waals surface area (Å²) in [5, 5.41) is 0. The smallest absolute Gasteiger partial charge is 0.0351 e.